The standard InChI is InChI=1S/C21H18N4O2S/c1-2-4-18-17(3-1)25-21(28-18)24-15-5-7-16(8-6-15)27-20-19(22-10-11-23-20)14-9-12-26-13-14/h1-8,10-11,14H,9,12-13H2,(H,24,25)/t14-/m0/s1. The minimum atomic E-state index is 0.240. The summed E-state index contributed by atoms with van der Waals surface area (Å²) in [7, 11) is 0. The summed E-state index contributed by atoms with van der Waals surface area (Å²) in [6.07, 6.45) is 4.29. The number of anilines is 2. The normalized spacial score (nSPS) is 16.4. The molecule has 0 saturated carbocycles. The van der Waals surface area contributed by atoms with Gasteiger partial charge in [0, 0.05) is 30.6 Å². The van der Waals surface area contributed by atoms with Crippen LogP contribution in [-0.2, 0) is 4.74 Å². The quantitative estimate of drug-likeness (QED) is 0.510. The molecule has 6 nitrogen and oxygen atoms in total. The van der Waals surface area contributed by atoms with Gasteiger partial charge in [0.1, 0.15) is 11.4 Å². The lowest BCUT2D eigenvalue weighted by atomic mass is 10.1. The topological polar surface area (TPSA) is 69.2 Å². The first kappa shape index (κ1) is 17.1. The van der Waals surface area contributed by atoms with E-state index in [0.29, 0.717) is 12.5 Å². The number of thiazole rings is 1. The van der Waals surface area contributed by atoms with Gasteiger partial charge >= 0.3 is 0 Å². The van der Waals surface area contributed by atoms with E-state index in [1.807, 2.05) is 42.5 Å². The SMILES string of the molecule is c1ccc2sc(Nc3ccc(Oc4nccnc4[C@H]4CCOC4)cc3)nc2c1. The molecule has 0 bridgehead atoms. The lowest BCUT2D eigenvalue weighted by Gasteiger charge is -2.12. The summed E-state index contributed by atoms with van der Waals surface area (Å²) in [5, 5.41) is 4.22. The number of hydrogen-bond donors (Lipinski definition) is 1. The summed E-state index contributed by atoms with van der Waals surface area (Å²) >= 11 is 1.63. The molecule has 3 heterocycles. The lowest BCUT2D eigenvalue weighted by Crippen LogP contribution is -2.04. The van der Waals surface area contributed by atoms with E-state index in [1.54, 1.807) is 23.7 Å². The highest BCUT2D eigenvalue weighted by Gasteiger charge is 2.23. The van der Waals surface area contributed by atoms with Crippen LogP contribution in [0.5, 0.6) is 11.6 Å². The van der Waals surface area contributed by atoms with Crippen LogP contribution in [0, 0.1) is 0 Å². The van der Waals surface area contributed by atoms with Crippen LogP contribution in [0.1, 0.15) is 18.0 Å². The molecule has 1 atom stereocenters. The number of rotatable bonds is 5. The van der Waals surface area contributed by atoms with Crippen LogP contribution in [-0.4, -0.2) is 28.2 Å². The summed E-state index contributed by atoms with van der Waals surface area (Å²) in [5.74, 6) is 1.50. The zero-order chi connectivity index (χ0) is 18.8. The smallest absolute Gasteiger partial charge is 0.241 e. The summed E-state index contributed by atoms with van der Waals surface area (Å²) in [6, 6.07) is 15.9. The van der Waals surface area contributed by atoms with Crippen LogP contribution in [0.2, 0.25) is 0 Å². The molecular weight excluding hydrogens is 372 g/mol. The molecule has 4 aromatic rings. The molecule has 1 fully saturated rings. The summed E-state index contributed by atoms with van der Waals surface area (Å²) in [4.78, 5) is 13.4. The molecule has 1 saturated heterocycles. The molecule has 2 aromatic carbocycles. The highest BCUT2D eigenvalue weighted by atomic mass is 32.1. The second-order valence-corrected chi connectivity index (χ2v) is 7.58. The fourth-order valence-electron chi connectivity index (χ4n) is 3.21. The Morgan fingerprint density at radius 3 is 2.71 bits per heavy atom. The average Bonchev–Trinajstić information content (AvgIpc) is 3.39. The zero-order valence-electron chi connectivity index (χ0n) is 15.0. The van der Waals surface area contributed by atoms with Crippen molar-refractivity contribution in [3.05, 3.63) is 66.6 Å². The van der Waals surface area contributed by atoms with E-state index in [1.165, 1.54) is 0 Å². The summed E-state index contributed by atoms with van der Waals surface area (Å²) in [6.45, 7) is 1.42. The van der Waals surface area contributed by atoms with Gasteiger partial charge in [0.05, 0.1) is 16.8 Å². The molecule has 2 aromatic heterocycles. The number of aromatic nitrogens is 3. The Kier molecular flexibility index (Phi) is 4.60. The maximum absolute atomic E-state index is 6.01. The number of fused-ring (bicyclic) bond motifs is 1. The molecule has 0 unspecified atom stereocenters. The van der Waals surface area contributed by atoms with E-state index in [9.17, 15) is 0 Å². The van der Waals surface area contributed by atoms with E-state index in [4.69, 9.17) is 9.47 Å². The Labute approximate surface area is 166 Å². The zero-order valence-corrected chi connectivity index (χ0v) is 15.9. The number of hydrogen-bond acceptors (Lipinski definition) is 7. The van der Waals surface area contributed by atoms with E-state index < -0.39 is 0 Å². The monoisotopic (exact) mass is 390 g/mol. The van der Waals surface area contributed by atoms with E-state index in [0.717, 1.165) is 45.5 Å². The highest BCUT2D eigenvalue weighted by Crippen LogP contribution is 2.33. The van der Waals surface area contributed by atoms with Gasteiger partial charge in [0.2, 0.25) is 5.88 Å². The third-order valence-corrected chi connectivity index (χ3v) is 5.57. The molecule has 0 spiro atoms. The number of nitrogens with zero attached hydrogens (tertiary/aromatic N) is 3. The number of nitrogens with one attached hydrogen (secondary N) is 1. The van der Waals surface area contributed by atoms with Gasteiger partial charge in [-0.25, -0.2) is 9.97 Å². The largest absolute Gasteiger partial charge is 0.437 e. The van der Waals surface area contributed by atoms with E-state index in [2.05, 4.69) is 26.3 Å². The molecule has 1 N–H and O–H groups in total. The van der Waals surface area contributed by atoms with Crippen molar-refractivity contribution in [2.75, 3.05) is 18.5 Å². The molecule has 140 valence electrons. The Hall–Kier alpha value is -3.03. The second kappa shape index (κ2) is 7.53. The Morgan fingerprint density at radius 1 is 1.04 bits per heavy atom. The molecule has 1 aliphatic rings. The Balaban J connectivity index is 1.32. The number of para-hydroxylation sites is 1. The minimum absolute atomic E-state index is 0.240. The molecular formula is C21H18N4O2S. The minimum Gasteiger partial charge on any atom is -0.437 e. The van der Waals surface area contributed by atoms with Crippen molar-refractivity contribution >= 4 is 32.4 Å². The fraction of sp³-hybridized carbons (Fsp3) is 0.190. The number of ether oxygens (including phenoxy) is 2. The molecule has 28 heavy (non-hydrogen) atoms. The van der Waals surface area contributed by atoms with Gasteiger partial charge in [0.15, 0.2) is 5.13 Å². The van der Waals surface area contributed by atoms with Gasteiger partial charge in [0.25, 0.3) is 0 Å². The molecule has 1 aliphatic heterocycles. The summed E-state index contributed by atoms with van der Waals surface area (Å²) < 4.78 is 12.6. The van der Waals surface area contributed by atoms with Crippen LogP contribution in [0.15, 0.2) is 60.9 Å². The predicted octanol–water partition coefficient (Wildman–Crippen LogP) is 5.13. The van der Waals surface area contributed by atoms with Crippen LogP contribution in [0.3, 0.4) is 0 Å². The van der Waals surface area contributed by atoms with E-state index >= 15 is 0 Å². The molecule has 7 heteroatoms. The van der Waals surface area contributed by atoms with Gasteiger partial charge in [-0.2, -0.15) is 0 Å². The van der Waals surface area contributed by atoms with Crippen molar-refractivity contribution in [1.82, 2.24) is 15.0 Å². The first-order valence-corrected chi connectivity index (χ1v) is 9.96. The lowest BCUT2D eigenvalue weighted by molar-refractivity contribution is 0.193. The summed E-state index contributed by atoms with van der Waals surface area (Å²) in [5.41, 5.74) is 2.81. The van der Waals surface area contributed by atoms with Gasteiger partial charge in [-0.05, 0) is 42.8 Å². The van der Waals surface area contributed by atoms with Gasteiger partial charge in [-0.1, -0.05) is 23.5 Å². The third kappa shape index (κ3) is 3.54. The van der Waals surface area contributed by atoms with Crippen molar-refractivity contribution in [3.63, 3.8) is 0 Å². The van der Waals surface area contributed by atoms with Gasteiger partial charge in [-0.15, -0.1) is 0 Å². The first-order chi connectivity index (χ1) is 13.8. The van der Waals surface area contributed by atoms with E-state index in [-0.39, 0.29) is 5.92 Å². The van der Waals surface area contributed by atoms with Crippen molar-refractivity contribution in [3.8, 4) is 11.6 Å². The maximum atomic E-state index is 6.01. The van der Waals surface area contributed by atoms with Crippen molar-refractivity contribution in [2.45, 2.75) is 12.3 Å². The molecule has 5 rings (SSSR count). The van der Waals surface area contributed by atoms with Gasteiger partial charge in [-0.3, -0.25) is 4.98 Å². The van der Waals surface area contributed by atoms with Crippen molar-refractivity contribution in [2.24, 2.45) is 0 Å². The third-order valence-electron chi connectivity index (χ3n) is 4.62. The van der Waals surface area contributed by atoms with Crippen molar-refractivity contribution in [1.29, 1.82) is 0 Å². The first-order valence-electron chi connectivity index (χ1n) is 9.14. The van der Waals surface area contributed by atoms with Crippen molar-refractivity contribution < 1.29 is 9.47 Å². The van der Waals surface area contributed by atoms with Crippen LogP contribution >= 0.6 is 11.3 Å². The van der Waals surface area contributed by atoms with Crippen LogP contribution in [0.25, 0.3) is 10.2 Å². The molecule has 0 amide bonds. The second-order valence-electron chi connectivity index (χ2n) is 6.55. The van der Waals surface area contributed by atoms with Crippen LogP contribution < -0.4 is 10.1 Å². The maximum Gasteiger partial charge on any atom is 0.241 e. The molecule has 0 aliphatic carbocycles. The Morgan fingerprint density at radius 2 is 1.89 bits per heavy atom. The average molecular weight is 390 g/mol. The molecule has 0 radical (unpaired) electrons. The number of benzene rings is 2. The highest BCUT2D eigenvalue weighted by molar-refractivity contribution is 7.22. The van der Waals surface area contributed by atoms with Crippen LogP contribution in [0.4, 0.5) is 10.8 Å². The Bertz CT molecular complexity index is 1060. The fourth-order valence-corrected chi connectivity index (χ4v) is 4.10. The van der Waals surface area contributed by atoms with Gasteiger partial charge < -0.3 is 14.8 Å². The predicted molar refractivity (Wildman–Crippen MR) is 110 cm³/mol.